The van der Waals surface area contributed by atoms with Gasteiger partial charge in [0.05, 0.1) is 5.92 Å². The molecule has 0 radical (unpaired) electrons. The summed E-state index contributed by atoms with van der Waals surface area (Å²) in [4.78, 5) is 15.7. The summed E-state index contributed by atoms with van der Waals surface area (Å²) in [5.41, 5.74) is 3.30. The average Bonchev–Trinajstić information content (AvgIpc) is 2.99. The van der Waals surface area contributed by atoms with Gasteiger partial charge in [0.2, 0.25) is 5.91 Å². The summed E-state index contributed by atoms with van der Waals surface area (Å²) in [6.45, 7) is 2.65. The number of amides is 1. The van der Waals surface area contributed by atoms with Crippen LogP contribution in [0.15, 0.2) is 54.7 Å². The van der Waals surface area contributed by atoms with Crippen LogP contribution in [0.5, 0.6) is 0 Å². The number of aromatic nitrogens is 1. The van der Waals surface area contributed by atoms with E-state index in [0.29, 0.717) is 6.54 Å². The second-order valence-electron chi connectivity index (χ2n) is 5.92. The number of nitrogens with one attached hydrogen (secondary N) is 2. The molecule has 3 nitrogen and oxygen atoms in total. The highest BCUT2D eigenvalue weighted by Crippen LogP contribution is 2.23. The first-order valence-corrected chi connectivity index (χ1v) is 8.65. The van der Waals surface area contributed by atoms with E-state index in [1.54, 1.807) is 0 Å². The summed E-state index contributed by atoms with van der Waals surface area (Å²) in [5.74, 6) is -0.00909. The van der Waals surface area contributed by atoms with Gasteiger partial charge in [-0.15, -0.1) is 0 Å². The Bertz CT molecular complexity index is 826. The molecule has 0 fully saturated rings. The van der Waals surface area contributed by atoms with E-state index in [4.69, 9.17) is 11.6 Å². The lowest BCUT2D eigenvalue weighted by Gasteiger charge is -2.15. The Balaban J connectivity index is 1.62. The van der Waals surface area contributed by atoms with E-state index in [1.807, 2.05) is 61.7 Å². The van der Waals surface area contributed by atoms with Crippen molar-refractivity contribution in [1.82, 2.24) is 10.3 Å². The number of carbonyl (C=O) groups is 1. The van der Waals surface area contributed by atoms with Gasteiger partial charge < -0.3 is 10.3 Å². The topological polar surface area (TPSA) is 44.9 Å². The van der Waals surface area contributed by atoms with Gasteiger partial charge in [0, 0.05) is 28.7 Å². The predicted octanol–water partition coefficient (Wildman–Crippen LogP) is 4.67. The highest BCUT2D eigenvalue weighted by atomic mass is 35.5. The maximum atomic E-state index is 12.5. The van der Waals surface area contributed by atoms with Gasteiger partial charge in [0.25, 0.3) is 0 Å². The highest BCUT2D eigenvalue weighted by molar-refractivity contribution is 6.31. The van der Waals surface area contributed by atoms with Gasteiger partial charge in [0.1, 0.15) is 0 Å². The molecule has 1 heterocycles. The minimum absolute atomic E-state index is 0.0848. The van der Waals surface area contributed by atoms with Crippen molar-refractivity contribution in [1.29, 1.82) is 0 Å². The fraction of sp³-hybridized carbons (Fsp3) is 0.250. The molecule has 4 heteroatoms. The standard InChI is InChI=1S/C20H21ClN2O/c1-2-17(14-6-4-3-5-7-14)20(24)22-11-10-15-13-23-19-9-8-16(21)12-18(15)19/h3-9,12-13,17,23H,2,10-11H2,1H3,(H,22,24). The molecular weight excluding hydrogens is 320 g/mol. The largest absolute Gasteiger partial charge is 0.361 e. The summed E-state index contributed by atoms with van der Waals surface area (Å²) < 4.78 is 0. The van der Waals surface area contributed by atoms with Crippen LogP contribution >= 0.6 is 11.6 Å². The number of rotatable bonds is 6. The number of hydrogen-bond donors (Lipinski definition) is 2. The number of aromatic amines is 1. The Morgan fingerprint density at radius 3 is 2.75 bits per heavy atom. The molecular formula is C20H21ClN2O. The van der Waals surface area contributed by atoms with Gasteiger partial charge in [-0.25, -0.2) is 0 Å². The van der Waals surface area contributed by atoms with Crippen molar-refractivity contribution in [2.75, 3.05) is 6.54 Å². The molecule has 24 heavy (non-hydrogen) atoms. The van der Waals surface area contributed by atoms with Gasteiger partial charge in [-0.1, -0.05) is 48.9 Å². The Morgan fingerprint density at radius 2 is 2.00 bits per heavy atom. The lowest BCUT2D eigenvalue weighted by Crippen LogP contribution is -2.30. The molecule has 0 bridgehead atoms. The molecule has 1 amide bonds. The molecule has 124 valence electrons. The zero-order valence-corrected chi connectivity index (χ0v) is 14.4. The fourth-order valence-corrected chi connectivity index (χ4v) is 3.23. The van der Waals surface area contributed by atoms with Crippen LogP contribution in [0.2, 0.25) is 5.02 Å². The van der Waals surface area contributed by atoms with Gasteiger partial charge >= 0.3 is 0 Å². The maximum absolute atomic E-state index is 12.5. The van der Waals surface area contributed by atoms with Crippen molar-refractivity contribution in [3.8, 4) is 0 Å². The second kappa shape index (κ2) is 7.54. The van der Waals surface area contributed by atoms with Crippen molar-refractivity contribution in [2.45, 2.75) is 25.7 Å². The molecule has 0 aliphatic heterocycles. The van der Waals surface area contributed by atoms with E-state index in [1.165, 1.54) is 5.56 Å². The fourth-order valence-electron chi connectivity index (χ4n) is 3.06. The van der Waals surface area contributed by atoms with Crippen molar-refractivity contribution in [2.24, 2.45) is 0 Å². The van der Waals surface area contributed by atoms with E-state index in [2.05, 4.69) is 10.3 Å². The zero-order chi connectivity index (χ0) is 16.9. The predicted molar refractivity (Wildman–Crippen MR) is 99.5 cm³/mol. The van der Waals surface area contributed by atoms with Crippen LogP contribution in [0.3, 0.4) is 0 Å². The quantitative estimate of drug-likeness (QED) is 0.672. The molecule has 0 aliphatic rings. The van der Waals surface area contributed by atoms with Gasteiger partial charge in [-0.05, 0) is 42.2 Å². The van der Waals surface area contributed by atoms with E-state index in [9.17, 15) is 4.79 Å². The first kappa shape index (κ1) is 16.6. The van der Waals surface area contributed by atoms with Gasteiger partial charge in [0.15, 0.2) is 0 Å². The number of H-pyrrole nitrogens is 1. The summed E-state index contributed by atoms with van der Waals surface area (Å²) in [5, 5.41) is 4.91. The molecule has 2 aromatic carbocycles. The summed E-state index contributed by atoms with van der Waals surface area (Å²) in [6, 6.07) is 15.7. The SMILES string of the molecule is CCC(C(=O)NCCc1c[nH]c2ccc(Cl)cc12)c1ccccc1. The molecule has 0 saturated heterocycles. The Morgan fingerprint density at radius 1 is 1.21 bits per heavy atom. The second-order valence-corrected chi connectivity index (χ2v) is 6.35. The summed E-state index contributed by atoms with van der Waals surface area (Å²) >= 11 is 6.08. The number of halogens is 1. The third kappa shape index (κ3) is 3.62. The Kier molecular flexibility index (Phi) is 5.21. The summed E-state index contributed by atoms with van der Waals surface area (Å²) in [6.07, 6.45) is 3.55. The van der Waals surface area contributed by atoms with Crippen LogP contribution in [0.1, 0.15) is 30.4 Å². The van der Waals surface area contributed by atoms with Crippen LogP contribution in [-0.2, 0) is 11.2 Å². The van der Waals surface area contributed by atoms with Gasteiger partial charge in [-0.3, -0.25) is 4.79 Å². The van der Waals surface area contributed by atoms with E-state index >= 15 is 0 Å². The highest BCUT2D eigenvalue weighted by Gasteiger charge is 2.17. The van der Waals surface area contributed by atoms with Crippen LogP contribution < -0.4 is 5.32 Å². The molecule has 1 aromatic heterocycles. The number of benzene rings is 2. The zero-order valence-electron chi connectivity index (χ0n) is 13.7. The molecule has 3 aromatic rings. The smallest absolute Gasteiger partial charge is 0.227 e. The number of hydrogen-bond acceptors (Lipinski definition) is 1. The number of fused-ring (bicyclic) bond motifs is 1. The lowest BCUT2D eigenvalue weighted by atomic mass is 9.95. The first-order chi connectivity index (χ1) is 11.7. The van der Waals surface area contributed by atoms with Crippen molar-refractivity contribution in [3.05, 3.63) is 70.9 Å². The molecule has 1 atom stereocenters. The Labute approximate surface area is 147 Å². The van der Waals surface area contributed by atoms with E-state index in [0.717, 1.165) is 34.3 Å². The summed E-state index contributed by atoms with van der Waals surface area (Å²) in [7, 11) is 0. The molecule has 1 unspecified atom stereocenters. The lowest BCUT2D eigenvalue weighted by molar-refractivity contribution is -0.122. The Hall–Kier alpha value is -2.26. The van der Waals surface area contributed by atoms with Crippen molar-refractivity contribution in [3.63, 3.8) is 0 Å². The van der Waals surface area contributed by atoms with Crippen LogP contribution in [-0.4, -0.2) is 17.4 Å². The molecule has 2 N–H and O–H groups in total. The van der Waals surface area contributed by atoms with Gasteiger partial charge in [-0.2, -0.15) is 0 Å². The third-order valence-corrected chi connectivity index (χ3v) is 4.58. The van der Waals surface area contributed by atoms with Crippen LogP contribution in [0.4, 0.5) is 0 Å². The van der Waals surface area contributed by atoms with Crippen LogP contribution in [0.25, 0.3) is 10.9 Å². The molecule has 3 rings (SSSR count). The minimum Gasteiger partial charge on any atom is -0.361 e. The number of carbonyl (C=O) groups excluding carboxylic acids is 1. The van der Waals surface area contributed by atoms with E-state index in [-0.39, 0.29) is 11.8 Å². The third-order valence-electron chi connectivity index (χ3n) is 4.35. The first-order valence-electron chi connectivity index (χ1n) is 8.27. The molecule has 0 saturated carbocycles. The van der Waals surface area contributed by atoms with Crippen molar-refractivity contribution >= 4 is 28.4 Å². The minimum atomic E-state index is -0.0939. The monoisotopic (exact) mass is 340 g/mol. The maximum Gasteiger partial charge on any atom is 0.227 e. The molecule has 0 aliphatic carbocycles. The van der Waals surface area contributed by atoms with E-state index < -0.39 is 0 Å². The molecule has 0 spiro atoms. The normalized spacial score (nSPS) is 12.2. The van der Waals surface area contributed by atoms with Crippen molar-refractivity contribution < 1.29 is 4.79 Å². The average molecular weight is 341 g/mol. The van der Waals surface area contributed by atoms with Crippen LogP contribution in [0, 0.1) is 0 Å².